The molecule has 2 N–H and O–H groups in total. The average molecular weight is 313 g/mol. The summed E-state index contributed by atoms with van der Waals surface area (Å²) in [6.45, 7) is 3.74. The van der Waals surface area contributed by atoms with Gasteiger partial charge in [0.25, 0.3) is 0 Å². The third kappa shape index (κ3) is 3.12. The maximum absolute atomic E-state index is 12.8. The van der Waals surface area contributed by atoms with Gasteiger partial charge in [0.1, 0.15) is 12.3 Å². The molecule has 1 aromatic heterocycles. The molecule has 0 aliphatic carbocycles. The summed E-state index contributed by atoms with van der Waals surface area (Å²) in [6.07, 6.45) is 1.60. The number of rotatable bonds is 4. The Morgan fingerprint density at radius 2 is 2.04 bits per heavy atom. The van der Waals surface area contributed by atoms with Crippen molar-refractivity contribution in [2.75, 3.05) is 16.8 Å². The maximum Gasteiger partial charge on any atom is 0.244 e. The molecule has 0 spiro atoms. The van der Waals surface area contributed by atoms with Gasteiger partial charge < -0.3 is 9.73 Å². The Balaban J connectivity index is 1.76. The molecule has 0 bridgehead atoms. The van der Waals surface area contributed by atoms with Crippen molar-refractivity contribution < 1.29 is 14.0 Å². The highest BCUT2D eigenvalue weighted by molar-refractivity contribution is 6.11. The number of hydrogen-bond acceptors (Lipinski definition) is 4. The van der Waals surface area contributed by atoms with Crippen molar-refractivity contribution in [1.29, 1.82) is 0 Å². The van der Waals surface area contributed by atoms with Crippen molar-refractivity contribution in [3.05, 3.63) is 48.4 Å². The fourth-order valence-corrected chi connectivity index (χ4v) is 2.73. The Morgan fingerprint density at radius 3 is 2.78 bits per heavy atom. The summed E-state index contributed by atoms with van der Waals surface area (Å²) in [5.41, 5.74) is 1.37. The van der Waals surface area contributed by atoms with Crippen molar-refractivity contribution in [3.8, 4) is 0 Å². The van der Waals surface area contributed by atoms with Gasteiger partial charge in [-0.15, -0.1) is 0 Å². The summed E-state index contributed by atoms with van der Waals surface area (Å²) in [4.78, 5) is 26.1. The first kappa shape index (κ1) is 15.3. The van der Waals surface area contributed by atoms with Crippen molar-refractivity contribution in [3.63, 3.8) is 0 Å². The largest absolute Gasteiger partial charge is 0.468 e. The number of para-hydroxylation sites is 2. The molecule has 6 nitrogen and oxygen atoms in total. The molecule has 6 heteroatoms. The number of amides is 2. The summed E-state index contributed by atoms with van der Waals surface area (Å²) in [5.74, 6) is 0.426. The minimum atomic E-state index is -0.450. The Labute approximate surface area is 134 Å². The van der Waals surface area contributed by atoms with Crippen LogP contribution >= 0.6 is 0 Å². The van der Waals surface area contributed by atoms with Crippen LogP contribution in [0.3, 0.4) is 0 Å². The van der Waals surface area contributed by atoms with E-state index in [1.54, 1.807) is 19.3 Å². The van der Waals surface area contributed by atoms with Crippen molar-refractivity contribution in [2.24, 2.45) is 0 Å². The van der Waals surface area contributed by atoms with E-state index in [1.807, 2.05) is 37.3 Å². The van der Waals surface area contributed by atoms with E-state index in [9.17, 15) is 9.59 Å². The van der Waals surface area contributed by atoms with Gasteiger partial charge in [0.15, 0.2) is 0 Å². The zero-order chi connectivity index (χ0) is 16.4. The van der Waals surface area contributed by atoms with Crippen molar-refractivity contribution in [2.45, 2.75) is 25.9 Å². The second kappa shape index (κ2) is 6.26. The molecule has 2 aromatic rings. The zero-order valence-corrected chi connectivity index (χ0v) is 13.1. The number of anilines is 2. The van der Waals surface area contributed by atoms with Gasteiger partial charge in [-0.3, -0.25) is 19.8 Å². The monoisotopic (exact) mass is 313 g/mol. The second-order valence-electron chi connectivity index (χ2n) is 5.62. The minimum Gasteiger partial charge on any atom is -0.468 e. The molecule has 3 rings (SSSR count). The third-order valence-corrected chi connectivity index (χ3v) is 3.88. The van der Waals surface area contributed by atoms with E-state index in [4.69, 9.17) is 4.42 Å². The van der Waals surface area contributed by atoms with E-state index >= 15 is 0 Å². The molecule has 2 amide bonds. The number of benzene rings is 1. The predicted molar refractivity (Wildman–Crippen MR) is 87.1 cm³/mol. The molecule has 1 aliphatic rings. The Kier molecular flexibility index (Phi) is 4.16. The summed E-state index contributed by atoms with van der Waals surface area (Å²) >= 11 is 0. The van der Waals surface area contributed by atoms with Crippen LogP contribution in [0.4, 0.5) is 11.4 Å². The van der Waals surface area contributed by atoms with E-state index in [-0.39, 0.29) is 24.4 Å². The Morgan fingerprint density at radius 1 is 1.26 bits per heavy atom. The second-order valence-corrected chi connectivity index (χ2v) is 5.62. The molecule has 0 radical (unpaired) electrons. The minimum absolute atomic E-state index is 0.0248. The molecule has 0 saturated carbocycles. The van der Waals surface area contributed by atoms with Gasteiger partial charge in [0.2, 0.25) is 11.8 Å². The molecule has 2 atom stereocenters. The first-order valence-corrected chi connectivity index (χ1v) is 7.56. The van der Waals surface area contributed by atoms with Gasteiger partial charge in [0, 0.05) is 0 Å². The summed E-state index contributed by atoms with van der Waals surface area (Å²) in [7, 11) is 0. The number of fused-ring (bicyclic) bond motifs is 1. The molecule has 2 heterocycles. The molecule has 23 heavy (non-hydrogen) atoms. The van der Waals surface area contributed by atoms with Crippen molar-refractivity contribution in [1.82, 2.24) is 5.32 Å². The third-order valence-electron chi connectivity index (χ3n) is 3.88. The molecule has 0 unspecified atom stereocenters. The summed E-state index contributed by atoms with van der Waals surface area (Å²) < 4.78 is 5.34. The standard InChI is InChI=1S/C17H19N3O3/c1-11(15-8-5-9-23-15)18-12(2)17(22)20-10-16(21)19-13-6-3-4-7-14(13)20/h3-9,11-12,18H,10H2,1-2H3,(H,19,21)/t11-,12+/m1/s1. The lowest BCUT2D eigenvalue weighted by Crippen LogP contribution is -2.50. The molecular formula is C17H19N3O3. The number of carbonyl (C=O) groups is 2. The lowest BCUT2D eigenvalue weighted by molar-refractivity contribution is -0.123. The van der Waals surface area contributed by atoms with Crippen LogP contribution in [0.15, 0.2) is 47.1 Å². The fraction of sp³-hybridized carbons (Fsp3) is 0.294. The van der Waals surface area contributed by atoms with E-state index in [0.717, 1.165) is 11.4 Å². The summed E-state index contributed by atoms with van der Waals surface area (Å²) in [6, 6.07) is 10.4. The van der Waals surface area contributed by atoms with Crippen LogP contribution in [-0.4, -0.2) is 24.4 Å². The molecule has 120 valence electrons. The molecule has 0 fully saturated rings. The zero-order valence-electron chi connectivity index (χ0n) is 13.1. The van der Waals surface area contributed by atoms with Crippen LogP contribution < -0.4 is 15.5 Å². The number of carbonyl (C=O) groups excluding carboxylic acids is 2. The lowest BCUT2D eigenvalue weighted by Gasteiger charge is -2.31. The fourth-order valence-electron chi connectivity index (χ4n) is 2.73. The number of furan rings is 1. The normalized spacial score (nSPS) is 16.4. The van der Waals surface area contributed by atoms with E-state index in [0.29, 0.717) is 5.69 Å². The van der Waals surface area contributed by atoms with Crippen LogP contribution in [0.2, 0.25) is 0 Å². The van der Waals surface area contributed by atoms with Crippen LogP contribution in [-0.2, 0) is 9.59 Å². The predicted octanol–water partition coefficient (Wildman–Crippen LogP) is 2.30. The topological polar surface area (TPSA) is 74.6 Å². The SMILES string of the molecule is C[C@H](N[C@H](C)c1ccco1)C(=O)N1CC(=O)Nc2ccccc21. The Hall–Kier alpha value is -2.60. The van der Waals surface area contributed by atoms with Crippen molar-refractivity contribution >= 4 is 23.2 Å². The van der Waals surface area contributed by atoms with Crippen LogP contribution in [0.5, 0.6) is 0 Å². The average Bonchev–Trinajstić information content (AvgIpc) is 3.07. The first-order chi connectivity index (χ1) is 11.1. The highest BCUT2D eigenvalue weighted by Crippen LogP contribution is 2.29. The van der Waals surface area contributed by atoms with Crippen LogP contribution in [0.1, 0.15) is 25.6 Å². The summed E-state index contributed by atoms with van der Waals surface area (Å²) in [5, 5.41) is 5.99. The number of nitrogens with zero attached hydrogens (tertiary/aromatic N) is 1. The highest BCUT2D eigenvalue weighted by atomic mass is 16.3. The van der Waals surface area contributed by atoms with Gasteiger partial charge >= 0.3 is 0 Å². The molecule has 1 aromatic carbocycles. The van der Waals surface area contributed by atoms with Crippen LogP contribution in [0.25, 0.3) is 0 Å². The van der Waals surface area contributed by atoms with Gasteiger partial charge in [0.05, 0.1) is 29.7 Å². The maximum atomic E-state index is 12.8. The van der Waals surface area contributed by atoms with Gasteiger partial charge in [-0.1, -0.05) is 12.1 Å². The highest BCUT2D eigenvalue weighted by Gasteiger charge is 2.30. The van der Waals surface area contributed by atoms with E-state index in [1.165, 1.54) is 4.90 Å². The number of hydrogen-bond donors (Lipinski definition) is 2. The lowest BCUT2D eigenvalue weighted by atomic mass is 10.1. The molecule has 1 aliphatic heterocycles. The van der Waals surface area contributed by atoms with E-state index < -0.39 is 6.04 Å². The van der Waals surface area contributed by atoms with Gasteiger partial charge in [-0.2, -0.15) is 0 Å². The van der Waals surface area contributed by atoms with E-state index in [2.05, 4.69) is 10.6 Å². The smallest absolute Gasteiger partial charge is 0.244 e. The Bertz CT molecular complexity index is 712. The van der Waals surface area contributed by atoms with Crippen LogP contribution in [0, 0.1) is 0 Å². The first-order valence-electron chi connectivity index (χ1n) is 7.56. The molecule has 0 saturated heterocycles. The quantitative estimate of drug-likeness (QED) is 0.908. The van der Waals surface area contributed by atoms with Gasteiger partial charge in [-0.05, 0) is 38.1 Å². The molecular weight excluding hydrogens is 294 g/mol. The number of nitrogens with one attached hydrogen (secondary N) is 2. The van der Waals surface area contributed by atoms with Gasteiger partial charge in [-0.25, -0.2) is 0 Å².